The molecule has 1 N–H and O–H groups in total. The molecular formula is C27H33NO6. The molecule has 34 heavy (non-hydrogen) atoms. The molecule has 0 bridgehead atoms. The lowest BCUT2D eigenvalue weighted by Crippen LogP contribution is -2.36. The summed E-state index contributed by atoms with van der Waals surface area (Å²) in [6.07, 6.45) is 2.76. The standard InChI is InChI=1S/C27H33NO6/c1-17(2)21-13-12-18(3)14-24(21)34-27(31)23-11-6-5-10-22(23)26(30)33-16-25(29)28-19-8-7-9-20(15-19)32-4/h5-11,15,17-18,21,24H,12-14,16H2,1-4H3,(H,28,29)/t18-,21-,24+/m0/s1. The van der Waals surface area contributed by atoms with Crippen molar-refractivity contribution >= 4 is 23.5 Å². The minimum absolute atomic E-state index is 0.0756. The number of hydrogen-bond donors (Lipinski definition) is 1. The van der Waals surface area contributed by atoms with Crippen molar-refractivity contribution in [2.75, 3.05) is 19.0 Å². The first-order valence-corrected chi connectivity index (χ1v) is 11.7. The third-order valence-electron chi connectivity index (χ3n) is 6.27. The summed E-state index contributed by atoms with van der Waals surface area (Å²) in [5, 5.41) is 2.65. The van der Waals surface area contributed by atoms with Crippen molar-refractivity contribution in [1.29, 1.82) is 0 Å². The number of anilines is 1. The minimum Gasteiger partial charge on any atom is -0.497 e. The fourth-order valence-corrected chi connectivity index (χ4v) is 4.40. The summed E-state index contributed by atoms with van der Waals surface area (Å²) in [6.45, 7) is 5.96. The summed E-state index contributed by atoms with van der Waals surface area (Å²) in [7, 11) is 1.53. The number of esters is 2. The summed E-state index contributed by atoms with van der Waals surface area (Å²) < 4.78 is 16.2. The van der Waals surface area contributed by atoms with Crippen molar-refractivity contribution < 1.29 is 28.6 Å². The summed E-state index contributed by atoms with van der Waals surface area (Å²) in [6, 6.07) is 13.2. The van der Waals surface area contributed by atoms with Gasteiger partial charge in [0.1, 0.15) is 11.9 Å². The van der Waals surface area contributed by atoms with Crippen LogP contribution in [0, 0.1) is 17.8 Å². The Morgan fingerprint density at radius 2 is 1.71 bits per heavy atom. The SMILES string of the molecule is COc1cccc(NC(=O)COC(=O)c2ccccc2C(=O)O[C@@H]2C[C@@H](C)CC[C@H]2C(C)C)c1. The van der Waals surface area contributed by atoms with Crippen LogP contribution in [0.1, 0.15) is 60.7 Å². The molecule has 3 rings (SSSR count). The van der Waals surface area contributed by atoms with E-state index in [1.807, 2.05) is 0 Å². The van der Waals surface area contributed by atoms with Crippen molar-refractivity contribution in [2.24, 2.45) is 17.8 Å². The highest BCUT2D eigenvalue weighted by atomic mass is 16.5. The van der Waals surface area contributed by atoms with E-state index < -0.39 is 24.5 Å². The Kier molecular flexibility index (Phi) is 8.68. The summed E-state index contributed by atoms with van der Waals surface area (Å²) >= 11 is 0. The van der Waals surface area contributed by atoms with Gasteiger partial charge in [0.05, 0.1) is 18.2 Å². The zero-order valence-corrected chi connectivity index (χ0v) is 20.2. The molecule has 3 atom stereocenters. The maximum Gasteiger partial charge on any atom is 0.339 e. The second kappa shape index (κ2) is 11.7. The fourth-order valence-electron chi connectivity index (χ4n) is 4.40. The number of carbonyl (C=O) groups excluding carboxylic acids is 3. The number of benzene rings is 2. The van der Waals surface area contributed by atoms with Crippen LogP contribution < -0.4 is 10.1 Å². The third kappa shape index (κ3) is 6.59. The summed E-state index contributed by atoms with van der Waals surface area (Å²) in [5.74, 6) is -0.0416. The Morgan fingerprint density at radius 1 is 1.00 bits per heavy atom. The lowest BCUT2D eigenvalue weighted by molar-refractivity contribution is -0.119. The normalized spacial score (nSPS) is 19.9. The van der Waals surface area contributed by atoms with E-state index in [1.165, 1.54) is 13.2 Å². The Bertz CT molecular complexity index is 1020. The molecule has 0 radical (unpaired) electrons. The van der Waals surface area contributed by atoms with Crippen LogP contribution in [0.25, 0.3) is 0 Å². The van der Waals surface area contributed by atoms with E-state index in [0.29, 0.717) is 29.2 Å². The lowest BCUT2D eigenvalue weighted by atomic mass is 9.75. The van der Waals surface area contributed by atoms with Crippen LogP contribution in [0.4, 0.5) is 5.69 Å². The Morgan fingerprint density at radius 3 is 2.38 bits per heavy atom. The summed E-state index contributed by atoms with van der Waals surface area (Å²) in [4.78, 5) is 38.0. The van der Waals surface area contributed by atoms with E-state index in [-0.39, 0.29) is 17.2 Å². The Balaban J connectivity index is 1.63. The molecule has 1 aliphatic carbocycles. The zero-order chi connectivity index (χ0) is 24.7. The highest BCUT2D eigenvalue weighted by Gasteiger charge is 2.34. The van der Waals surface area contributed by atoms with Crippen molar-refractivity contribution in [3.63, 3.8) is 0 Å². The molecule has 0 heterocycles. The molecular weight excluding hydrogens is 434 g/mol. The van der Waals surface area contributed by atoms with Crippen molar-refractivity contribution in [2.45, 2.75) is 46.1 Å². The number of ether oxygens (including phenoxy) is 3. The van der Waals surface area contributed by atoms with Gasteiger partial charge in [-0.15, -0.1) is 0 Å². The van der Waals surface area contributed by atoms with Crippen LogP contribution in [0.3, 0.4) is 0 Å². The van der Waals surface area contributed by atoms with Gasteiger partial charge in [-0.3, -0.25) is 4.79 Å². The first kappa shape index (κ1) is 25.3. The largest absolute Gasteiger partial charge is 0.497 e. The average molecular weight is 468 g/mol. The van der Waals surface area contributed by atoms with Crippen LogP contribution in [-0.2, 0) is 14.3 Å². The van der Waals surface area contributed by atoms with Crippen LogP contribution in [0.5, 0.6) is 5.75 Å². The minimum atomic E-state index is -0.759. The van der Waals surface area contributed by atoms with Crippen molar-refractivity contribution in [3.05, 3.63) is 59.7 Å². The molecule has 0 spiro atoms. The smallest absolute Gasteiger partial charge is 0.339 e. The van der Waals surface area contributed by atoms with E-state index in [2.05, 4.69) is 26.1 Å². The quantitative estimate of drug-likeness (QED) is 0.543. The van der Waals surface area contributed by atoms with E-state index in [1.54, 1.807) is 42.5 Å². The molecule has 7 nitrogen and oxygen atoms in total. The molecule has 0 aromatic heterocycles. The molecule has 0 saturated heterocycles. The predicted molar refractivity (Wildman–Crippen MR) is 129 cm³/mol. The van der Waals surface area contributed by atoms with Gasteiger partial charge < -0.3 is 19.5 Å². The monoisotopic (exact) mass is 467 g/mol. The first-order chi connectivity index (χ1) is 16.3. The van der Waals surface area contributed by atoms with Gasteiger partial charge in [-0.25, -0.2) is 9.59 Å². The van der Waals surface area contributed by atoms with Gasteiger partial charge in [0, 0.05) is 11.8 Å². The third-order valence-corrected chi connectivity index (χ3v) is 6.27. The second-order valence-electron chi connectivity index (χ2n) is 9.17. The predicted octanol–water partition coefficient (Wildman–Crippen LogP) is 5.11. The molecule has 2 aromatic rings. The van der Waals surface area contributed by atoms with Gasteiger partial charge in [-0.05, 0) is 54.9 Å². The van der Waals surface area contributed by atoms with Gasteiger partial charge in [-0.1, -0.05) is 45.4 Å². The van der Waals surface area contributed by atoms with Gasteiger partial charge in [0.2, 0.25) is 0 Å². The number of hydrogen-bond acceptors (Lipinski definition) is 6. The molecule has 182 valence electrons. The van der Waals surface area contributed by atoms with Gasteiger partial charge in [-0.2, -0.15) is 0 Å². The Labute approximate surface area is 200 Å². The van der Waals surface area contributed by atoms with Crippen molar-refractivity contribution in [1.82, 2.24) is 0 Å². The van der Waals surface area contributed by atoms with Crippen molar-refractivity contribution in [3.8, 4) is 5.75 Å². The number of methoxy groups -OCH3 is 1. The Hall–Kier alpha value is -3.35. The average Bonchev–Trinajstić information content (AvgIpc) is 2.82. The van der Waals surface area contributed by atoms with Gasteiger partial charge >= 0.3 is 11.9 Å². The molecule has 1 fully saturated rings. The highest BCUT2D eigenvalue weighted by Crippen LogP contribution is 2.35. The van der Waals surface area contributed by atoms with E-state index in [4.69, 9.17) is 14.2 Å². The summed E-state index contributed by atoms with van der Waals surface area (Å²) in [5.41, 5.74) is 0.735. The van der Waals surface area contributed by atoms with Crippen LogP contribution in [0.2, 0.25) is 0 Å². The lowest BCUT2D eigenvalue weighted by Gasteiger charge is -2.36. The topological polar surface area (TPSA) is 90.9 Å². The number of nitrogens with one attached hydrogen (secondary N) is 1. The highest BCUT2D eigenvalue weighted by molar-refractivity contribution is 6.04. The number of rotatable bonds is 8. The molecule has 2 aromatic carbocycles. The fraction of sp³-hybridized carbons (Fsp3) is 0.444. The molecule has 0 aliphatic heterocycles. The number of amides is 1. The zero-order valence-electron chi connectivity index (χ0n) is 20.2. The van der Waals surface area contributed by atoms with Crippen LogP contribution in [0.15, 0.2) is 48.5 Å². The maximum atomic E-state index is 13.0. The van der Waals surface area contributed by atoms with Gasteiger partial charge in [0.15, 0.2) is 6.61 Å². The first-order valence-electron chi connectivity index (χ1n) is 11.7. The maximum absolute atomic E-state index is 13.0. The molecule has 1 aliphatic rings. The molecule has 1 amide bonds. The second-order valence-corrected chi connectivity index (χ2v) is 9.17. The van der Waals surface area contributed by atoms with E-state index in [0.717, 1.165) is 19.3 Å². The number of carbonyl (C=O) groups is 3. The van der Waals surface area contributed by atoms with Gasteiger partial charge in [0.25, 0.3) is 5.91 Å². The molecule has 1 saturated carbocycles. The van der Waals surface area contributed by atoms with E-state index in [9.17, 15) is 14.4 Å². The van der Waals surface area contributed by atoms with E-state index >= 15 is 0 Å². The van der Waals surface area contributed by atoms with Crippen LogP contribution >= 0.6 is 0 Å². The molecule has 0 unspecified atom stereocenters. The molecule has 7 heteroatoms. The van der Waals surface area contributed by atoms with Crippen LogP contribution in [-0.4, -0.2) is 37.7 Å².